The Bertz CT molecular complexity index is 1800. The van der Waals surface area contributed by atoms with Crippen LogP contribution in [0.4, 0.5) is 5.69 Å². The van der Waals surface area contributed by atoms with Crippen LogP contribution in [-0.4, -0.2) is 106 Å². The summed E-state index contributed by atoms with van der Waals surface area (Å²) >= 11 is 0. The number of nitrogens with zero attached hydrogens (tertiary/aromatic N) is 2. The standard InChI is InChI=1S/C38H51N7O12/c1-21(32(48)42-29(31(39)47)22-12-7-6-8-13-22)40-35(51)27-15-11-19-44(27)36(52)30(38(2,3)4)43-34(50)26(14-9-10-16-28(46)57-5)41-33(49)25-20-23(45(55)56)17-18-24(25)37(53)54/h10-11,15-18,20-22,26-27,29-30H,6-9,12-14,19H2,1-5H3,(H2,39,47)(H,40,51)(H,41,49)(H,42,48)(H,43,50)(H,53,54)/b16-10+/t21-,26-,27-,29-,30+/m0/s1. The summed E-state index contributed by atoms with van der Waals surface area (Å²) in [6, 6.07) is -3.43. The van der Waals surface area contributed by atoms with Gasteiger partial charge >= 0.3 is 11.9 Å². The van der Waals surface area contributed by atoms with Gasteiger partial charge in [-0.25, -0.2) is 9.59 Å². The molecule has 0 radical (unpaired) electrons. The largest absolute Gasteiger partial charge is 0.478 e. The molecule has 1 saturated carbocycles. The number of nitrogens with one attached hydrogen (secondary N) is 4. The number of carboxylic acids is 1. The van der Waals surface area contributed by atoms with E-state index in [9.17, 15) is 53.6 Å². The number of primary amides is 1. The Morgan fingerprint density at radius 2 is 1.67 bits per heavy atom. The van der Waals surface area contributed by atoms with Crippen LogP contribution in [0.1, 0.15) is 93.4 Å². The van der Waals surface area contributed by atoms with Crippen LogP contribution < -0.4 is 27.0 Å². The number of benzene rings is 1. The first-order valence-electron chi connectivity index (χ1n) is 18.5. The molecule has 6 amide bonds. The normalized spacial score (nSPS) is 17.8. The Morgan fingerprint density at radius 3 is 2.25 bits per heavy atom. The summed E-state index contributed by atoms with van der Waals surface area (Å²) in [5.74, 6) is -7.10. The number of carboxylic acid groups (broad SMARTS) is 1. The van der Waals surface area contributed by atoms with E-state index in [0.29, 0.717) is 0 Å². The maximum absolute atomic E-state index is 14.2. The van der Waals surface area contributed by atoms with Crippen molar-refractivity contribution in [3.63, 3.8) is 0 Å². The van der Waals surface area contributed by atoms with Crippen LogP contribution in [-0.2, 0) is 33.5 Å². The number of nitro groups is 1. The molecule has 0 spiro atoms. The number of amides is 6. The molecule has 1 aliphatic heterocycles. The third kappa shape index (κ3) is 12.4. The van der Waals surface area contributed by atoms with Crippen LogP contribution in [0.5, 0.6) is 0 Å². The van der Waals surface area contributed by atoms with Crippen LogP contribution >= 0.6 is 0 Å². The van der Waals surface area contributed by atoms with Gasteiger partial charge in [0.25, 0.3) is 11.6 Å². The quantitative estimate of drug-likeness (QED) is 0.0427. The number of nitrogens with two attached hydrogens (primary N) is 1. The van der Waals surface area contributed by atoms with Crippen molar-refractivity contribution in [3.05, 3.63) is 63.7 Å². The monoisotopic (exact) mass is 797 g/mol. The van der Waals surface area contributed by atoms with Gasteiger partial charge in [-0.1, -0.05) is 58.3 Å². The number of methoxy groups -OCH3 is 1. The van der Waals surface area contributed by atoms with Crippen molar-refractivity contribution in [2.45, 2.75) is 103 Å². The average molecular weight is 798 g/mol. The summed E-state index contributed by atoms with van der Waals surface area (Å²) in [4.78, 5) is 116. The molecule has 19 nitrogen and oxygen atoms in total. The molecule has 0 saturated heterocycles. The topological polar surface area (TPSA) is 287 Å². The highest BCUT2D eigenvalue weighted by atomic mass is 16.6. The zero-order valence-corrected chi connectivity index (χ0v) is 32.6. The lowest BCUT2D eigenvalue weighted by Gasteiger charge is -2.36. The summed E-state index contributed by atoms with van der Waals surface area (Å²) in [5, 5.41) is 31.4. The third-order valence-corrected chi connectivity index (χ3v) is 9.77. The fourth-order valence-electron chi connectivity index (χ4n) is 6.60. The lowest BCUT2D eigenvalue weighted by molar-refractivity contribution is -0.384. The van der Waals surface area contributed by atoms with Gasteiger partial charge in [0.2, 0.25) is 29.5 Å². The molecule has 1 fully saturated rings. The van der Waals surface area contributed by atoms with Gasteiger partial charge in [-0.15, -0.1) is 0 Å². The molecule has 0 unspecified atom stereocenters. The summed E-state index contributed by atoms with van der Waals surface area (Å²) in [6.45, 7) is 6.34. The van der Waals surface area contributed by atoms with Crippen molar-refractivity contribution in [2.75, 3.05) is 13.7 Å². The van der Waals surface area contributed by atoms with Gasteiger partial charge < -0.3 is 41.7 Å². The molecule has 0 bridgehead atoms. The number of aromatic carboxylic acids is 1. The number of esters is 1. The molecule has 1 aliphatic carbocycles. The second-order valence-electron chi connectivity index (χ2n) is 15.0. The van der Waals surface area contributed by atoms with E-state index in [-0.39, 0.29) is 25.3 Å². The molecule has 3 rings (SSSR count). The Morgan fingerprint density at radius 1 is 1.00 bits per heavy atom. The Labute approximate surface area is 329 Å². The van der Waals surface area contributed by atoms with E-state index in [1.807, 2.05) is 0 Å². The molecule has 0 aromatic heterocycles. The third-order valence-electron chi connectivity index (χ3n) is 9.77. The molecule has 57 heavy (non-hydrogen) atoms. The minimum Gasteiger partial charge on any atom is -0.478 e. The first kappa shape index (κ1) is 45.3. The van der Waals surface area contributed by atoms with Gasteiger partial charge in [0, 0.05) is 24.8 Å². The van der Waals surface area contributed by atoms with E-state index in [1.54, 1.807) is 26.8 Å². The lowest BCUT2D eigenvalue weighted by atomic mass is 9.83. The highest BCUT2D eigenvalue weighted by Gasteiger charge is 2.42. The SMILES string of the molecule is COC(=O)/C=C/CC[C@H](NC(=O)c1cc([N+](=O)[O-])ccc1C(=O)O)C(=O)N[C@H](C(=O)N1CC=C[C@H]1C(=O)N[C@@H](C)C(=O)N[C@H](C(N)=O)C1CCCCC1)C(C)(C)C. The van der Waals surface area contributed by atoms with Crippen molar-refractivity contribution >= 4 is 53.1 Å². The molecule has 7 N–H and O–H groups in total. The number of hydrogen-bond donors (Lipinski definition) is 6. The lowest BCUT2D eigenvalue weighted by Crippen LogP contribution is -2.61. The number of hydrogen-bond acceptors (Lipinski definition) is 11. The molecule has 310 valence electrons. The van der Waals surface area contributed by atoms with Crippen molar-refractivity contribution in [1.29, 1.82) is 0 Å². The Balaban J connectivity index is 1.82. The molecule has 19 heteroatoms. The summed E-state index contributed by atoms with van der Waals surface area (Å²) < 4.78 is 4.57. The van der Waals surface area contributed by atoms with Gasteiger partial charge in [-0.3, -0.25) is 38.9 Å². The number of carbonyl (C=O) groups is 8. The van der Waals surface area contributed by atoms with Gasteiger partial charge in [0.1, 0.15) is 30.2 Å². The molecular weight excluding hydrogens is 746 g/mol. The summed E-state index contributed by atoms with van der Waals surface area (Å²) in [5.41, 5.74) is 2.87. The summed E-state index contributed by atoms with van der Waals surface area (Å²) in [6.07, 6.45) is 9.60. The maximum atomic E-state index is 14.2. The maximum Gasteiger partial charge on any atom is 0.336 e. The smallest absolute Gasteiger partial charge is 0.336 e. The fourth-order valence-corrected chi connectivity index (χ4v) is 6.60. The average Bonchev–Trinajstić information content (AvgIpc) is 3.66. The number of rotatable bonds is 17. The predicted molar refractivity (Wildman–Crippen MR) is 203 cm³/mol. The molecule has 1 aromatic carbocycles. The van der Waals surface area contributed by atoms with Gasteiger partial charge in [-0.2, -0.15) is 0 Å². The minimum absolute atomic E-state index is 0.00716. The van der Waals surface area contributed by atoms with Crippen LogP contribution in [0.15, 0.2) is 42.5 Å². The van der Waals surface area contributed by atoms with Gasteiger partial charge in [-0.05, 0) is 50.0 Å². The Kier molecular flexibility index (Phi) is 16.0. The highest BCUT2D eigenvalue weighted by Crippen LogP contribution is 2.27. The van der Waals surface area contributed by atoms with Crippen LogP contribution in [0.2, 0.25) is 0 Å². The van der Waals surface area contributed by atoms with Crippen LogP contribution in [0.25, 0.3) is 0 Å². The van der Waals surface area contributed by atoms with E-state index in [1.165, 1.54) is 24.0 Å². The summed E-state index contributed by atoms with van der Waals surface area (Å²) in [7, 11) is 1.16. The number of non-ortho nitro benzene ring substituents is 1. The highest BCUT2D eigenvalue weighted by molar-refractivity contribution is 6.07. The second-order valence-corrected chi connectivity index (χ2v) is 15.0. The molecular formula is C38H51N7O12. The number of allylic oxidation sites excluding steroid dienone is 1. The molecule has 2 aliphatic rings. The number of ether oxygens (including phenoxy) is 1. The number of nitro benzene ring substituents is 1. The van der Waals surface area contributed by atoms with Crippen LogP contribution in [0.3, 0.4) is 0 Å². The fraction of sp³-hybridized carbons (Fsp3) is 0.526. The zero-order chi connectivity index (χ0) is 42.6. The Hall–Kier alpha value is -6.14. The van der Waals surface area contributed by atoms with Crippen molar-refractivity contribution in [2.24, 2.45) is 17.1 Å². The van der Waals surface area contributed by atoms with E-state index in [4.69, 9.17) is 5.73 Å². The minimum atomic E-state index is -1.56. The van der Waals surface area contributed by atoms with Crippen molar-refractivity contribution < 1.29 is 53.1 Å². The first-order valence-corrected chi connectivity index (χ1v) is 18.5. The van der Waals surface area contributed by atoms with E-state index < -0.39 is 105 Å². The van der Waals surface area contributed by atoms with E-state index >= 15 is 0 Å². The second kappa shape index (κ2) is 20.1. The molecule has 1 heterocycles. The predicted octanol–water partition coefficient (Wildman–Crippen LogP) is 1.25. The molecule has 1 aromatic rings. The van der Waals surface area contributed by atoms with Crippen molar-refractivity contribution in [1.82, 2.24) is 26.2 Å². The first-order chi connectivity index (χ1) is 26.8. The van der Waals surface area contributed by atoms with Gasteiger partial charge in [0.15, 0.2) is 0 Å². The van der Waals surface area contributed by atoms with Gasteiger partial charge in [0.05, 0.1) is 23.2 Å². The zero-order valence-electron chi connectivity index (χ0n) is 32.6. The van der Waals surface area contributed by atoms with E-state index in [0.717, 1.165) is 63.5 Å². The molecule has 5 atom stereocenters. The van der Waals surface area contributed by atoms with Crippen molar-refractivity contribution in [3.8, 4) is 0 Å². The van der Waals surface area contributed by atoms with Crippen LogP contribution in [0, 0.1) is 21.4 Å². The van der Waals surface area contributed by atoms with E-state index in [2.05, 4.69) is 26.0 Å². The number of carbonyl (C=O) groups excluding carboxylic acids is 7.